The molecule has 1 atom stereocenters. The summed E-state index contributed by atoms with van der Waals surface area (Å²) in [5.41, 5.74) is 7.79. The molecule has 1 rings (SSSR count). The van der Waals surface area contributed by atoms with E-state index < -0.39 is 0 Å². The van der Waals surface area contributed by atoms with Crippen molar-refractivity contribution in [2.24, 2.45) is 5.73 Å². The molecule has 86 valence electrons. The molecule has 1 aromatic rings. The van der Waals surface area contributed by atoms with E-state index in [-0.39, 0.29) is 6.04 Å². The van der Waals surface area contributed by atoms with E-state index in [0.29, 0.717) is 11.6 Å². The summed E-state index contributed by atoms with van der Waals surface area (Å²) in [6, 6.07) is 5.86. The summed E-state index contributed by atoms with van der Waals surface area (Å²) in [6.07, 6.45) is 5.32. The van der Waals surface area contributed by atoms with Crippen LogP contribution >= 0.6 is 11.6 Å². The Morgan fingerprint density at radius 3 is 2.69 bits per heavy atom. The zero-order valence-corrected chi connectivity index (χ0v) is 10.5. The molecular formula is C13H17ClN2. The zero-order chi connectivity index (χ0) is 12.1. The van der Waals surface area contributed by atoms with Crippen LogP contribution in [0.2, 0.25) is 5.02 Å². The molecule has 0 fully saturated rings. The lowest BCUT2D eigenvalue weighted by Crippen LogP contribution is -2.23. The van der Waals surface area contributed by atoms with Gasteiger partial charge in [-0.1, -0.05) is 23.6 Å². The third-order valence-corrected chi connectivity index (χ3v) is 2.80. The van der Waals surface area contributed by atoms with Gasteiger partial charge in [0, 0.05) is 12.6 Å². The second kappa shape index (κ2) is 5.79. The Morgan fingerprint density at radius 1 is 1.56 bits per heavy atom. The van der Waals surface area contributed by atoms with Crippen molar-refractivity contribution in [3.63, 3.8) is 0 Å². The molecule has 0 aromatic heterocycles. The van der Waals surface area contributed by atoms with Gasteiger partial charge in [0.05, 0.1) is 17.3 Å². The third-order valence-electron chi connectivity index (χ3n) is 2.50. The average Bonchev–Trinajstić information content (AvgIpc) is 2.26. The highest BCUT2D eigenvalue weighted by Crippen LogP contribution is 2.28. The van der Waals surface area contributed by atoms with Crippen LogP contribution in [0.15, 0.2) is 18.2 Å². The zero-order valence-electron chi connectivity index (χ0n) is 9.70. The van der Waals surface area contributed by atoms with Gasteiger partial charge in [0.2, 0.25) is 0 Å². The van der Waals surface area contributed by atoms with E-state index in [1.807, 2.05) is 36.9 Å². The smallest absolute Gasteiger partial charge is 0.0792 e. The maximum absolute atomic E-state index is 6.22. The van der Waals surface area contributed by atoms with E-state index in [0.717, 1.165) is 17.8 Å². The van der Waals surface area contributed by atoms with Crippen LogP contribution in [-0.2, 0) is 0 Å². The van der Waals surface area contributed by atoms with E-state index in [9.17, 15) is 0 Å². The lowest BCUT2D eigenvalue weighted by Gasteiger charge is -2.22. The van der Waals surface area contributed by atoms with Gasteiger partial charge >= 0.3 is 0 Å². The van der Waals surface area contributed by atoms with Crippen LogP contribution in [0.25, 0.3) is 0 Å². The SMILES string of the molecule is C#CCN(CC)c1ccc(C(C)N)cc1Cl. The summed E-state index contributed by atoms with van der Waals surface area (Å²) in [4.78, 5) is 2.05. The number of nitrogens with two attached hydrogens (primary N) is 1. The van der Waals surface area contributed by atoms with E-state index in [2.05, 4.69) is 5.92 Å². The molecule has 2 N–H and O–H groups in total. The highest BCUT2D eigenvalue weighted by Gasteiger charge is 2.09. The van der Waals surface area contributed by atoms with Gasteiger partial charge in [-0.05, 0) is 31.5 Å². The normalized spacial score (nSPS) is 11.9. The molecule has 1 aromatic carbocycles. The third kappa shape index (κ3) is 2.91. The van der Waals surface area contributed by atoms with E-state index >= 15 is 0 Å². The molecule has 0 aliphatic heterocycles. The first-order chi connectivity index (χ1) is 7.60. The summed E-state index contributed by atoms with van der Waals surface area (Å²) < 4.78 is 0. The molecule has 0 bridgehead atoms. The molecule has 0 saturated heterocycles. The number of halogens is 1. The Bertz CT molecular complexity index is 393. The van der Waals surface area contributed by atoms with Crippen LogP contribution < -0.4 is 10.6 Å². The summed E-state index contributed by atoms with van der Waals surface area (Å²) in [5.74, 6) is 2.62. The maximum Gasteiger partial charge on any atom is 0.0792 e. The minimum absolute atomic E-state index is 0.00531. The molecule has 0 aliphatic carbocycles. The minimum Gasteiger partial charge on any atom is -0.359 e. The first kappa shape index (κ1) is 12.9. The van der Waals surface area contributed by atoms with Gasteiger partial charge in [0.15, 0.2) is 0 Å². The predicted molar refractivity (Wildman–Crippen MR) is 70.8 cm³/mol. The van der Waals surface area contributed by atoms with Crippen LogP contribution in [0.5, 0.6) is 0 Å². The van der Waals surface area contributed by atoms with Gasteiger partial charge in [-0.15, -0.1) is 6.42 Å². The van der Waals surface area contributed by atoms with Crippen molar-refractivity contribution in [2.45, 2.75) is 19.9 Å². The molecule has 1 unspecified atom stereocenters. The first-order valence-electron chi connectivity index (χ1n) is 5.33. The maximum atomic E-state index is 6.22. The highest BCUT2D eigenvalue weighted by molar-refractivity contribution is 6.33. The Hall–Kier alpha value is -1.17. The van der Waals surface area contributed by atoms with Gasteiger partial charge in [0.25, 0.3) is 0 Å². The molecule has 0 aliphatic rings. The van der Waals surface area contributed by atoms with Crippen molar-refractivity contribution in [3.05, 3.63) is 28.8 Å². The van der Waals surface area contributed by atoms with E-state index in [1.54, 1.807) is 0 Å². The van der Waals surface area contributed by atoms with Gasteiger partial charge in [-0.3, -0.25) is 0 Å². The first-order valence-corrected chi connectivity index (χ1v) is 5.71. The van der Waals surface area contributed by atoms with Gasteiger partial charge in [-0.25, -0.2) is 0 Å². The molecule has 2 nitrogen and oxygen atoms in total. The minimum atomic E-state index is -0.00531. The molecular weight excluding hydrogens is 220 g/mol. The van der Waals surface area contributed by atoms with Crippen LogP contribution in [0.4, 0.5) is 5.69 Å². The Balaban J connectivity index is 3.02. The van der Waals surface area contributed by atoms with Crippen LogP contribution in [0.1, 0.15) is 25.5 Å². The Labute approximate surface area is 102 Å². The number of hydrogen-bond acceptors (Lipinski definition) is 2. The molecule has 0 spiro atoms. The van der Waals surface area contributed by atoms with Crippen molar-refractivity contribution in [2.75, 3.05) is 18.0 Å². The van der Waals surface area contributed by atoms with Crippen LogP contribution in [0, 0.1) is 12.3 Å². The molecule has 16 heavy (non-hydrogen) atoms. The topological polar surface area (TPSA) is 29.3 Å². The number of nitrogens with zero attached hydrogens (tertiary/aromatic N) is 1. The highest BCUT2D eigenvalue weighted by atomic mass is 35.5. The lowest BCUT2D eigenvalue weighted by molar-refractivity contribution is 0.817. The molecule has 0 amide bonds. The predicted octanol–water partition coefficient (Wildman–Crippen LogP) is 2.82. The fourth-order valence-electron chi connectivity index (χ4n) is 1.54. The Morgan fingerprint density at radius 2 is 2.25 bits per heavy atom. The monoisotopic (exact) mass is 236 g/mol. The average molecular weight is 237 g/mol. The summed E-state index contributed by atoms with van der Waals surface area (Å²) in [6.45, 7) is 5.38. The van der Waals surface area contributed by atoms with Gasteiger partial charge < -0.3 is 10.6 Å². The number of hydrogen-bond donors (Lipinski definition) is 1. The summed E-state index contributed by atoms with van der Waals surface area (Å²) in [5, 5.41) is 0.701. The number of anilines is 1. The number of terminal acetylenes is 1. The van der Waals surface area contributed by atoms with E-state index in [1.165, 1.54) is 0 Å². The number of benzene rings is 1. The van der Waals surface area contributed by atoms with Crippen molar-refractivity contribution in [1.29, 1.82) is 0 Å². The summed E-state index contributed by atoms with van der Waals surface area (Å²) >= 11 is 6.22. The molecule has 0 heterocycles. The quantitative estimate of drug-likeness (QED) is 0.815. The fourth-order valence-corrected chi connectivity index (χ4v) is 1.85. The molecule has 0 radical (unpaired) electrons. The van der Waals surface area contributed by atoms with Gasteiger partial charge in [-0.2, -0.15) is 0 Å². The number of rotatable bonds is 4. The summed E-state index contributed by atoms with van der Waals surface area (Å²) in [7, 11) is 0. The Kier molecular flexibility index (Phi) is 4.67. The largest absolute Gasteiger partial charge is 0.359 e. The van der Waals surface area contributed by atoms with E-state index in [4.69, 9.17) is 23.8 Å². The lowest BCUT2D eigenvalue weighted by atomic mass is 10.1. The van der Waals surface area contributed by atoms with Crippen LogP contribution in [-0.4, -0.2) is 13.1 Å². The fraction of sp³-hybridized carbons (Fsp3) is 0.385. The molecule has 3 heteroatoms. The van der Waals surface area contributed by atoms with Crippen LogP contribution in [0.3, 0.4) is 0 Å². The second-order valence-corrected chi connectivity index (χ2v) is 4.13. The van der Waals surface area contributed by atoms with Gasteiger partial charge in [0.1, 0.15) is 0 Å². The van der Waals surface area contributed by atoms with Crippen molar-refractivity contribution in [3.8, 4) is 12.3 Å². The second-order valence-electron chi connectivity index (χ2n) is 3.72. The molecule has 0 saturated carbocycles. The van der Waals surface area contributed by atoms with Crippen molar-refractivity contribution in [1.82, 2.24) is 0 Å². The standard InChI is InChI=1S/C13H17ClN2/c1-4-8-16(5-2)13-7-6-11(10(3)15)9-12(13)14/h1,6-7,9-10H,5,8,15H2,2-3H3. The van der Waals surface area contributed by atoms with Crippen molar-refractivity contribution >= 4 is 17.3 Å². The van der Waals surface area contributed by atoms with Crippen molar-refractivity contribution < 1.29 is 0 Å².